The molecule has 1 heterocycles. The lowest BCUT2D eigenvalue weighted by atomic mass is 10.1. The Hall–Kier alpha value is -1.75. The third-order valence-corrected chi connectivity index (χ3v) is 3.76. The summed E-state index contributed by atoms with van der Waals surface area (Å²) in [5.41, 5.74) is 2.16. The highest BCUT2D eigenvalue weighted by Gasteiger charge is 2.11. The number of rotatable bonds is 5. The van der Waals surface area contributed by atoms with Crippen LogP contribution in [0.15, 0.2) is 23.6 Å². The van der Waals surface area contributed by atoms with Gasteiger partial charge in [-0.05, 0) is 31.5 Å². The van der Waals surface area contributed by atoms with Crippen molar-refractivity contribution in [3.8, 4) is 11.5 Å². The van der Waals surface area contributed by atoms with E-state index in [-0.39, 0.29) is 6.04 Å². The van der Waals surface area contributed by atoms with E-state index in [9.17, 15) is 0 Å². The molecule has 5 heteroatoms. The van der Waals surface area contributed by atoms with Crippen LogP contribution in [0.3, 0.4) is 0 Å². The number of thiazole rings is 1. The van der Waals surface area contributed by atoms with Crippen LogP contribution in [0.1, 0.15) is 24.2 Å². The zero-order chi connectivity index (χ0) is 13.8. The largest absolute Gasteiger partial charge is 0.493 e. The van der Waals surface area contributed by atoms with Crippen molar-refractivity contribution in [1.82, 2.24) is 4.98 Å². The number of ether oxygens (including phenoxy) is 2. The average molecular weight is 278 g/mol. The Labute approximate surface area is 117 Å². The first-order valence-electron chi connectivity index (χ1n) is 6.04. The molecule has 1 aromatic carbocycles. The Bertz CT molecular complexity index is 554. The zero-order valence-electron chi connectivity index (χ0n) is 11.6. The number of hydrogen-bond acceptors (Lipinski definition) is 5. The smallest absolute Gasteiger partial charge is 0.183 e. The number of aromatic nitrogens is 1. The second-order valence-electron chi connectivity index (χ2n) is 4.27. The van der Waals surface area contributed by atoms with Gasteiger partial charge in [0.05, 0.1) is 26.0 Å². The minimum Gasteiger partial charge on any atom is -0.493 e. The van der Waals surface area contributed by atoms with Crippen molar-refractivity contribution in [3.63, 3.8) is 0 Å². The molecular weight excluding hydrogens is 260 g/mol. The van der Waals surface area contributed by atoms with Crippen LogP contribution < -0.4 is 14.8 Å². The monoisotopic (exact) mass is 278 g/mol. The molecule has 102 valence electrons. The van der Waals surface area contributed by atoms with Crippen molar-refractivity contribution >= 4 is 16.5 Å². The average Bonchev–Trinajstić information content (AvgIpc) is 2.83. The van der Waals surface area contributed by atoms with Crippen LogP contribution in [0.2, 0.25) is 0 Å². The Kier molecular flexibility index (Phi) is 4.27. The number of methoxy groups -OCH3 is 2. The second kappa shape index (κ2) is 5.93. The molecule has 1 unspecified atom stereocenters. The molecule has 0 radical (unpaired) electrons. The molecule has 0 saturated carbocycles. The van der Waals surface area contributed by atoms with Gasteiger partial charge in [-0.25, -0.2) is 4.98 Å². The van der Waals surface area contributed by atoms with E-state index in [1.807, 2.05) is 30.5 Å². The first-order chi connectivity index (χ1) is 9.13. The highest BCUT2D eigenvalue weighted by molar-refractivity contribution is 7.13. The van der Waals surface area contributed by atoms with Gasteiger partial charge in [-0.3, -0.25) is 0 Å². The van der Waals surface area contributed by atoms with E-state index in [4.69, 9.17) is 9.47 Å². The number of hydrogen-bond donors (Lipinski definition) is 1. The van der Waals surface area contributed by atoms with Crippen LogP contribution in [-0.2, 0) is 0 Å². The summed E-state index contributed by atoms with van der Waals surface area (Å²) in [4.78, 5) is 4.40. The molecule has 0 aliphatic heterocycles. The SMILES string of the molecule is COc1ccc(C(C)Nc2nc(C)cs2)cc1OC. The Balaban J connectivity index is 2.16. The number of benzene rings is 1. The number of anilines is 1. The normalized spacial score (nSPS) is 12.0. The molecule has 1 atom stereocenters. The molecular formula is C14H18N2O2S. The van der Waals surface area contributed by atoms with E-state index in [0.717, 1.165) is 27.9 Å². The standard InChI is InChI=1S/C14H18N2O2S/c1-9-8-19-14(15-9)16-10(2)11-5-6-12(17-3)13(7-11)18-4/h5-8,10H,1-4H3,(H,15,16). The van der Waals surface area contributed by atoms with Crippen molar-refractivity contribution in [2.75, 3.05) is 19.5 Å². The minimum atomic E-state index is 0.158. The topological polar surface area (TPSA) is 43.4 Å². The molecule has 0 bridgehead atoms. The molecule has 0 amide bonds. The van der Waals surface area contributed by atoms with Crippen molar-refractivity contribution in [1.29, 1.82) is 0 Å². The van der Waals surface area contributed by atoms with Crippen LogP contribution in [-0.4, -0.2) is 19.2 Å². The maximum atomic E-state index is 5.32. The Morgan fingerprint density at radius 3 is 2.53 bits per heavy atom. The van der Waals surface area contributed by atoms with Crippen molar-refractivity contribution < 1.29 is 9.47 Å². The van der Waals surface area contributed by atoms with Gasteiger partial charge in [0.15, 0.2) is 16.6 Å². The summed E-state index contributed by atoms with van der Waals surface area (Å²) in [6.45, 7) is 4.08. The van der Waals surface area contributed by atoms with Crippen LogP contribution in [0.4, 0.5) is 5.13 Å². The summed E-state index contributed by atoms with van der Waals surface area (Å²) in [6, 6.07) is 6.08. The first kappa shape index (κ1) is 13.7. The van der Waals surface area contributed by atoms with Crippen LogP contribution in [0.25, 0.3) is 0 Å². The quantitative estimate of drug-likeness (QED) is 0.906. The fourth-order valence-corrected chi connectivity index (χ4v) is 2.59. The molecule has 0 spiro atoms. The third-order valence-electron chi connectivity index (χ3n) is 2.87. The van der Waals surface area contributed by atoms with Crippen molar-refractivity contribution in [3.05, 3.63) is 34.8 Å². The molecule has 0 saturated heterocycles. The summed E-state index contributed by atoms with van der Waals surface area (Å²) < 4.78 is 10.6. The molecule has 1 N–H and O–H groups in total. The first-order valence-corrected chi connectivity index (χ1v) is 6.92. The summed E-state index contributed by atoms with van der Waals surface area (Å²) in [7, 11) is 3.28. The number of nitrogens with zero attached hydrogens (tertiary/aromatic N) is 1. The van der Waals surface area contributed by atoms with Gasteiger partial charge in [-0.2, -0.15) is 0 Å². The molecule has 2 rings (SSSR count). The summed E-state index contributed by atoms with van der Waals surface area (Å²) in [6.07, 6.45) is 0. The molecule has 0 aliphatic carbocycles. The minimum absolute atomic E-state index is 0.158. The summed E-state index contributed by atoms with van der Waals surface area (Å²) >= 11 is 1.61. The maximum Gasteiger partial charge on any atom is 0.183 e. The van der Waals surface area contributed by atoms with Gasteiger partial charge >= 0.3 is 0 Å². The lowest BCUT2D eigenvalue weighted by Gasteiger charge is -2.15. The van der Waals surface area contributed by atoms with E-state index in [2.05, 4.69) is 17.2 Å². The van der Waals surface area contributed by atoms with Crippen LogP contribution in [0, 0.1) is 6.92 Å². The van der Waals surface area contributed by atoms with Gasteiger partial charge in [-0.1, -0.05) is 6.07 Å². The maximum absolute atomic E-state index is 5.32. The zero-order valence-corrected chi connectivity index (χ0v) is 12.4. The molecule has 4 nitrogen and oxygen atoms in total. The van der Waals surface area contributed by atoms with Gasteiger partial charge in [0.1, 0.15) is 0 Å². The highest BCUT2D eigenvalue weighted by atomic mass is 32.1. The number of aryl methyl sites for hydroxylation is 1. The van der Waals surface area contributed by atoms with Gasteiger partial charge in [0.25, 0.3) is 0 Å². The fraction of sp³-hybridized carbons (Fsp3) is 0.357. The van der Waals surface area contributed by atoms with Crippen LogP contribution >= 0.6 is 11.3 Å². The second-order valence-corrected chi connectivity index (χ2v) is 5.13. The molecule has 2 aromatic rings. The van der Waals surface area contributed by atoms with E-state index < -0.39 is 0 Å². The van der Waals surface area contributed by atoms with E-state index in [1.165, 1.54) is 0 Å². The van der Waals surface area contributed by atoms with E-state index >= 15 is 0 Å². The van der Waals surface area contributed by atoms with Crippen molar-refractivity contribution in [2.45, 2.75) is 19.9 Å². The Morgan fingerprint density at radius 1 is 1.21 bits per heavy atom. The fourth-order valence-electron chi connectivity index (χ4n) is 1.81. The highest BCUT2D eigenvalue weighted by Crippen LogP contribution is 2.31. The third kappa shape index (κ3) is 3.17. The molecule has 0 fully saturated rings. The van der Waals surface area contributed by atoms with Gasteiger partial charge in [0, 0.05) is 5.38 Å². The lowest BCUT2D eigenvalue weighted by Crippen LogP contribution is -2.06. The van der Waals surface area contributed by atoms with E-state index in [0.29, 0.717) is 0 Å². The predicted octanol–water partition coefficient (Wildman–Crippen LogP) is 3.64. The van der Waals surface area contributed by atoms with E-state index in [1.54, 1.807) is 25.6 Å². The van der Waals surface area contributed by atoms with Gasteiger partial charge in [-0.15, -0.1) is 11.3 Å². The molecule has 0 aliphatic rings. The van der Waals surface area contributed by atoms with Gasteiger partial charge < -0.3 is 14.8 Å². The Morgan fingerprint density at radius 2 is 1.95 bits per heavy atom. The summed E-state index contributed by atoms with van der Waals surface area (Å²) in [5.74, 6) is 1.48. The number of nitrogens with one attached hydrogen (secondary N) is 1. The molecule has 19 heavy (non-hydrogen) atoms. The van der Waals surface area contributed by atoms with Gasteiger partial charge in [0.2, 0.25) is 0 Å². The summed E-state index contributed by atoms with van der Waals surface area (Å²) in [5, 5.41) is 6.34. The molecule has 1 aromatic heterocycles. The predicted molar refractivity (Wildman–Crippen MR) is 78.4 cm³/mol. The lowest BCUT2D eigenvalue weighted by molar-refractivity contribution is 0.354. The van der Waals surface area contributed by atoms with Crippen molar-refractivity contribution in [2.24, 2.45) is 0 Å². The van der Waals surface area contributed by atoms with Crippen LogP contribution in [0.5, 0.6) is 11.5 Å².